The molecule has 1 atom stereocenters. The van der Waals surface area contributed by atoms with Crippen LogP contribution in [0.1, 0.15) is 26.3 Å². The summed E-state index contributed by atoms with van der Waals surface area (Å²) < 4.78 is 5.02. The van der Waals surface area contributed by atoms with Crippen molar-refractivity contribution in [1.82, 2.24) is 5.32 Å². The first kappa shape index (κ1) is 18.0. The lowest BCUT2D eigenvalue weighted by molar-refractivity contribution is -0.118. The van der Waals surface area contributed by atoms with Crippen LogP contribution in [0.15, 0.2) is 29.3 Å². The van der Waals surface area contributed by atoms with E-state index in [0.29, 0.717) is 19.1 Å². The molecule has 0 heterocycles. The summed E-state index contributed by atoms with van der Waals surface area (Å²) >= 11 is 0. The van der Waals surface area contributed by atoms with Crippen LogP contribution in [0.2, 0.25) is 0 Å². The summed E-state index contributed by atoms with van der Waals surface area (Å²) in [5, 5.41) is 5.89. The van der Waals surface area contributed by atoms with Crippen molar-refractivity contribution < 1.29 is 9.53 Å². The molecule has 0 saturated heterocycles. The monoisotopic (exact) mass is 306 g/mol. The number of methoxy groups -OCH3 is 1. The Morgan fingerprint density at radius 1 is 1.27 bits per heavy atom. The van der Waals surface area contributed by atoms with Crippen molar-refractivity contribution in [2.45, 2.75) is 33.4 Å². The second-order valence-corrected chi connectivity index (χ2v) is 5.54. The highest BCUT2D eigenvalue weighted by atomic mass is 16.5. The van der Waals surface area contributed by atoms with Gasteiger partial charge in [0.15, 0.2) is 5.96 Å². The summed E-state index contributed by atoms with van der Waals surface area (Å²) in [5.74, 6) is 0.359. The predicted molar refractivity (Wildman–Crippen MR) is 89.7 cm³/mol. The van der Waals surface area contributed by atoms with Gasteiger partial charge in [-0.3, -0.25) is 4.79 Å². The van der Waals surface area contributed by atoms with E-state index in [9.17, 15) is 4.79 Å². The highest BCUT2D eigenvalue weighted by Gasteiger charge is 2.06. The number of amides is 1. The zero-order chi connectivity index (χ0) is 16.5. The fourth-order valence-corrected chi connectivity index (χ4v) is 1.75. The first-order valence-corrected chi connectivity index (χ1v) is 7.37. The lowest BCUT2D eigenvalue weighted by Crippen LogP contribution is -2.40. The van der Waals surface area contributed by atoms with Gasteiger partial charge < -0.3 is 21.1 Å². The second-order valence-electron chi connectivity index (χ2n) is 5.54. The number of carbonyl (C=O) groups excluding carboxylic acids is 1. The van der Waals surface area contributed by atoms with Crippen LogP contribution in [0.3, 0.4) is 0 Å². The minimum absolute atomic E-state index is 0.00588. The average molecular weight is 306 g/mol. The molecule has 1 aromatic rings. The summed E-state index contributed by atoms with van der Waals surface area (Å²) in [6.07, 6.45) is 0. The quantitative estimate of drug-likeness (QED) is 0.528. The van der Waals surface area contributed by atoms with Crippen LogP contribution in [0, 0.1) is 5.92 Å². The highest BCUT2D eigenvalue weighted by Crippen LogP contribution is 2.11. The van der Waals surface area contributed by atoms with Gasteiger partial charge in [-0.1, -0.05) is 26.0 Å². The number of nitrogens with two attached hydrogens (primary N) is 1. The molecule has 0 aliphatic rings. The van der Waals surface area contributed by atoms with Crippen molar-refractivity contribution in [3.8, 4) is 0 Å². The van der Waals surface area contributed by atoms with E-state index in [1.165, 1.54) is 0 Å². The minimum atomic E-state index is -0.0377. The molecular formula is C16H26N4O2. The Labute approximate surface area is 132 Å². The molecular weight excluding hydrogens is 280 g/mol. The van der Waals surface area contributed by atoms with Crippen LogP contribution in [0.5, 0.6) is 0 Å². The second kappa shape index (κ2) is 9.04. The molecule has 1 unspecified atom stereocenters. The Hall–Kier alpha value is -2.08. The number of benzene rings is 1. The van der Waals surface area contributed by atoms with E-state index in [1.807, 2.05) is 45.0 Å². The molecule has 0 bridgehead atoms. The molecule has 0 radical (unpaired) electrons. The Bertz CT molecular complexity index is 497. The standard InChI is InChI=1S/C16H26N4O2/c1-11(2)15(21)20-14-7-5-13(6-8-14)9-18-16(17)19-12(3)10-22-4/h5-8,11-12H,9-10H2,1-4H3,(H,20,21)(H3,17,18,19). The Kier molecular flexibility index (Phi) is 7.39. The summed E-state index contributed by atoms with van der Waals surface area (Å²) in [6, 6.07) is 7.68. The number of ether oxygens (including phenoxy) is 1. The van der Waals surface area contributed by atoms with Gasteiger partial charge in [-0.05, 0) is 24.6 Å². The number of guanidine groups is 1. The number of anilines is 1. The first-order chi connectivity index (χ1) is 10.4. The highest BCUT2D eigenvalue weighted by molar-refractivity contribution is 5.92. The smallest absolute Gasteiger partial charge is 0.226 e. The van der Waals surface area contributed by atoms with Gasteiger partial charge in [0.1, 0.15) is 0 Å². The van der Waals surface area contributed by atoms with Crippen LogP contribution < -0.4 is 16.4 Å². The molecule has 0 fully saturated rings. The Balaban J connectivity index is 2.52. The first-order valence-electron chi connectivity index (χ1n) is 7.37. The summed E-state index contributed by atoms with van der Waals surface area (Å²) in [6.45, 7) is 6.74. The fraction of sp³-hybridized carbons (Fsp3) is 0.500. The van der Waals surface area contributed by atoms with Crippen molar-refractivity contribution in [2.24, 2.45) is 16.6 Å². The molecule has 22 heavy (non-hydrogen) atoms. The number of nitrogens with zero attached hydrogens (tertiary/aromatic N) is 1. The van der Waals surface area contributed by atoms with Crippen LogP contribution in [-0.2, 0) is 16.1 Å². The van der Waals surface area contributed by atoms with E-state index < -0.39 is 0 Å². The third kappa shape index (κ3) is 6.58. The largest absolute Gasteiger partial charge is 0.383 e. The zero-order valence-electron chi connectivity index (χ0n) is 13.7. The van der Waals surface area contributed by atoms with E-state index in [1.54, 1.807) is 7.11 Å². The van der Waals surface area contributed by atoms with Crippen molar-refractivity contribution in [2.75, 3.05) is 19.0 Å². The third-order valence-electron chi connectivity index (χ3n) is 2.99. The molecule has 1 amide bonds. The van der Waals surface area contributed by atoms with E-state index >= 15 is 0 Å². The van der Waals surface area contributed by atoms with Gasteiger partial charge in [-0.2, -0.15) is 0 Å². The number of nitrogens with one attached hydrogen (secondary N) is 2. The number of rotatable bonds is 7. The Morgan fingerprint density at radius 2 is 1.91 bits per heavy atom. The number of carbonyl (C=O) groups is 1. The molecule has 0 spiro atoms. The van der Waals surface area contributed by atoms with Crippen molar-refractivity contribution in [1.29, 1.82) is 0 Å². The topological polar surface area (TPSA) is 88.7 Å². The zero-order valence-corrected chi connectivity index (χ0v) is 13.7. The minimum Gasteiger partial charge on any atom is -0.383 e. The van der Waals surface area contributed by atoms with Gasteiger partial charge in [-0.15, -0.1) is 0 Å². The summed E-state index contributed by atoms with van der Waals surface area (Å²) in [7, 11) is 1.64. The van der Waals surface area contributed by atoms with E-state index in [-0.39, 0.29) is 17.9 Å². The SMILES string of the molecule is COCC(C)NC(N)=NCc1ccc(NC(=O)C(C)C)cc1. The number of aliphatic imine (C=N–C) groups is 1. The molecule has 6 heteroatoms. The van der Waals surface area contributed by atoms with Crippen molar-refractivity contribution in [3.63, 3.8) is 0 Å². The maximum absolute atomic E-state index is 11.6. The Morgan fingerprint density at radius 3 is 2.45 bits per heavy atom. The maximum Gasteiger partial charge on any atom is 0.226 e. The van der Waals surface area contributed by atoms with Crippen LogP contribution >= 0.6 is 0 Å². The number of hydrogen-bond acceptors (Lipinski definition) is 3. The summed E-state index contributed by atoms with van der Waals surface area (Å²) in [5.41, 5.74) is 7.61. The van der Waals surface area contributed by atoms with Gasteiger partial charge >= 0.3 is 0 Å². The molecule has 122 valence electrons. The van der Waals surface area contributed by atoms with E-state index in [2.05, 4.69) is 15.6 Å². The molecule has 0 aliphatic carbocycles. The molecule has 1 aromatic carbocycles. The lowest BCUT2D eigenvalue weighted by atomic mass is 10.2. The molecule has 0 aromatic heterocycles. The van der Waals surface area contributed by atoms with Gasteiger partial charge in [0.2, 0.25) is 5.91 Å². The molecule has 4 N–H and O–H groups in total. The van der Waals surface area contributed by atoms with E-state index in [4.69, 9.17) is 10.5 Å². The average Bonchev–Trinajstić information content (AvgIpc) is 2.46. The number of hydrogen-bond donors (Lipinski definition) is 3. The predicted octanol–water partition coefficient (Wildman–Crippen LogP) is 1.72. The van der Waals surface area contributed by atoms with Crippen LogP contribution in [-0.4, -0.2) is 31.6 Å². The lowest BCUT2D eigenvalue weighted by Gasteiger charge is -2.13. The third-order valence-corrected chi connectivity index (χ3v) is 2.99. The molecule has 6 nitrogen and oxygen atoms in total. The molecule has 0 saturated carbocycles. The normalized spacial score (nSPS) is 13.0. The van der Waals surface area contributed by atoms with Gasteiger partial charge in [-0.25, -0.2) is 4.99 Å². The van der Waals surface area contributed by atoms with Gasteiger partial charge in [0.05, 0.1) is 13.2 Å². The van der Waals surface area contributed by atoms with Gasteiger partial charge in [0, 0.05) is 24.8 Å². The van der Waals surface area contributed by atoms with Crippen LogP contribution in [0.25, 0.3) is 0 Å². The van der Waals surface area contributed by atoms with E-state index in [0.717, 1.165) is 11.3 Å². The molecule has 1 rings (SSSR count). The van der Waals surface area contributed by atoms with Crippen molar-refractivity contribution in [3.05, 3.63) is 29.8 Å². The summed E-state index contributed by atoms with van der Waals surface area (Å²) in [4.78, 5) is 15.9. The maximum atomic E-state index is 11.6. The fourth-order valence-electron chi connectivity index (χ4n) is 1.75. The van der Waals surface area contributed by atoms with Crippen molar-refractivity contribution >= 4 is 17.6 Å². The van der Waals surface area contributed by atoms with Crippen LogP contribution in [0.4, 0.5) is 5.69 Å². The van der Waals surface area contributed by atoms with Gasteiger partial charge in [0.25, 0.3) is 0 Å². The molecule has 0 aliphatic heterocycles.